The average molecular weight is 605 g/mol. The first kappa shape index (κ1) is 36.8. The molecule has 0 heterocycles. The fraction of sp³-hybridized carbons (Fsp3) is 0.586. The van der Waals surface area contributed by atoms with Gasteiger partial charge >= 0.3 is 5.97 Å². The molecule has 0 radical (unpaired) electrons. The van der Waals surface area contributed by atoms with Crippen LogP contribution in [0.15, 0.2) is 30.3 Å². The highest BCUT2D eigenvalue weighted by Crippen LogP contribution is 2.10. The molecule has 4 amide bonds. The van der Waals surface area contributed by atoms with Crippen molar-refractivity contribution in [2.24, 2.45) is 23.3 Å². The molecule has 43 heavy (non-hydrogen) atoms. The summed E-state index contributed by atoms with van der Waals surface area (Å²) in [5.74, 6) is -4.31. The molecule has 240 valence electrons. The maximum absolute atomic E-state index is 13.5. The number of nitrogens with one attached hydrogen (secondary N) is 6. The molecular formula is C29H48N8O6. The van der Waals surface area contributed by atoms with Gasteiger partial charge in [-0.2, -0.15) is 0 Å². The predicted molar refractivity (Wildman–Crippen MR) is 163 cm³/mol. The summed E-state index contributed by atoms with van der Waals surface area (Å²) in [6, 6.07) is 3.59. The average Bonchev–Trinajstić information content (AvgIpc) is 2.91. The molecule has 0 aliphatic rings. The highest BCUT2D eigenvalue weighted by molar-refractivity contribution is 5.95. The highest BCUT2D eigenvalue weighted by Gasteiger charge is 2.32. The van der Waals surface area contributed by atoms with E-state index in [1.807, 2.05) is 13.8 Å². The molecule has 0 aliphatic heterocycles. The standard InChI is InChI=1S/C29H48N8O6/c1-16(2)14-21(26(40)36-22(28(42)43)15-19-10-7-6-8-11-19)35-25(39)20(12-9-13-33-29(31)32)34-27(41)23(17(3)4)37-24(38)18(5)30/h6-8,10-11,16-18,20-23H,9,12-15,30H2,1-5H3,(H,34,41)(H,35,39)(H,36,40)(H,37,38)(H,42,43)(H4,31,32,33)/t18-,20-,21-,22-,23-/m0/s1. The minimum Gasteiger partial charge on any atom is -0.480 e. The number of amides is 4. The molecule has 0 unspecified atom stereocenters. The molecule has 0 spiro atoms. The number of nitrogens with two attached hydrogens (primary N) is 2. The molecule has 0 saturated heterocycles. The summed E-state index contributed by atoms with van der Waals surface area (Å²) >= 11 is 0. The number of carbonyl (C=O) groups is 5. The van der Waals surface area contributed by atoms with Gasteiger partial charge in [0.25, 0.3) is 0 Å². The van der Waals surface area contributed by atoms with Gasteiger partial charge in [-0.1, -0.05) is 58.0 Å². The molecule has 0 saturated carbocycles. The maximum Gasteiger partial charge on any atom is 0.326 e. The number of hydrogen-bond acceptors (Lipinski definition) is 7. The van der Waals surface area contributed by atoms with Crippen molar-refractivity contribution in [2.75, 3.05) is 6.54 Å². The van der Waals surface area contributed by atoms with E-state index >= 15 is 0 Å². The van der Waals surface area contributed by atoms with Gasteiger partial charge in [0.15, 0.2) is 5.96 Å². The van der Waals surface area contributed by atoms with Gasteiger partial charge in [0, 0.05) is 13.0 Å². The zero-order valence-corrected chi connectivity index (χ0v) is 25.6. The van der Waals surface area contributed by atoms with E-state index in [1.165, 1.54) is 6.92 Å². The third-order valence-electron chi connectivity index (χ3n) is 6.52. The van der Waals surface area contributed by atoms with Gasteiger partial charge in [-0.15, -0.1) is 0 Å². The second-order valence-corrected chi connectivity index (χ2v) is 11.3. The molecule has 0 aromatic heterocycles. The van der Waals surface area contributed by atoms with Gasteiger partial charge in [-0.05, 0) is 43.6 Å². The van der Waals surface area contributed by atoms with E-state index in [1.54, 1.807) is 44.2 Å². The third-order valence-corrected chi connectivity index (χ3v) is 6.52. The van der Waals surface area contributed by atoms with Crippen LogP contribution in [-0.2, 0) is 30.4 Å². The van der Waals surface area contributed by atoms with Crippen molar-refractivity contribution in [1.82, 2.24) is 26.6 Å². The van der Waals surface area contributed by atoms with Crippen LogP contribution in [0.4, 0.5) is 0 Å². The number of carbonyl (C=O) groups excluding carboxylic acids is 4. The Labute approximate surface area is 253 Å². The Bertz CT molecular complexity index is 1100. The minimum absolute atomic E-state index is 0.0416. The zero-order chi connectivity index (χ0) is 32.7. The molecule has 14 heteroatoms. The topological polar surface area (TPSA) is 242 Å². The lowest BCUT2D eigenvalue weighted by atomic mass is 9.99. The molecular weight excluding hydrogens is 556 g/mol. The number of rotatable bonds is 18. The molecule has 0 fully saturated rings. The summed E-state index contributed by atoms with van der Waals surface area (Å²) in [6.45, 7) is 8.90. The van der Waals surface area contributed by atoms with Crippen LogP contribution in [0.2, 0.25) is 0 Å². The van der Waals surface area contributed by atoms with Gasteiger partial charge < -0.3 is 43.2 Å². The fourth-order valence-corrected chi connectivity index (χ4v) is 4.18. The number of hydrogen-bond donors (Lipinski definition) is 9. The van der Waals surface area contributed by atoms with Crippen molar-refractivity contribution in [2.45, 2.75) is 90.5 Å². The van der Waals surface area contributed by atoms with Gasteiger partial charge in [0.1, 0.15) is 24.2 Å². The minimum atomic E-state index is -1.23. The molecule has 11 N–H and O–H groups in total. The van der Waals surface area contributed by atoms with Gasteiger partial charge in [-0.25, -0.2) is 4.79 Å². The van der Waals surface area contributed by atoms with E-state index in [0.717, 1.165) is 5.56 Å². The maximum atomic E-state index is 13.5. The molecule has 1 aromatic rings. The van der Waals surface area contributed by atoms with E-state index in [2.05, 4.69) is 26.6 Å². The zero-order valence-electron chi connectivity index (χ0n) is 25.6. The van der Waals surface area contributed by atoms with Crippen molar-refractivity contribution in [3.05, 3.63) is 35.9 Å². The van der Waals surface area contributed by atoms with Crippen molar-refractivity contribution >= 4 is 35.6 Å². The highest BCUT2D eigenvalue weighted by atomic mass is 16.4. The Morgan fingerprint density at radius 1 is 0.814 bits per heavy atom. The Kier molecular flexibility index (Phi) is 15.7. The van der Waals surface area contributed by atoms with Crippen LogP contribution in [0.5, 0.6) is 0 Å². The van der Waals surface area contributed by atoms with E-state index < -0.39 is 59.8 Å². The summed E-state index contributed by atoms with van der Waals surface area (Å²) in [5, 5.41) is 30.2. The lowest BCUT2D eigenvalue weighted by Gasteiger charge is -2.28. The van der Waals surface area contributed by atoms with E-state index in [-0.39, 0.29) is 43.6 Å². The van der Waals surface area contributed by atoms with Crippen molar-refractivity contribution < 1.29 is 29.1 Å². The van der Waals surface area contributed by atoms with E-state index in [9.17, 15) is 29.1 Å². The van der Waals surface area contributed by atoms with Crippen molar-refractivity contribution in [3.8, 4) is 0 Å². The van der Waals surface area contributed by atoms with Gasteiger partial charge in [0.2, 0.25) is 23.6 Å². The largest absolute Gasteiger partial charge is 0.480 e. The second-order valence-electron chi connectivity index (χ2n) is 11.3. The van der Waals surface area contributed by atoms with Crippen LogP contribution in [0.1, 0.15) is 59.4 Å². The summed E-state index contributed by atoms with van der Waals surface area (Å²) in [4.78, 5) is 64.2. The Morgan fingerprint density at radius 3 is 1.88 bits per heavy atom. The second kappa shape index (κ2) is 18.4. The number of benzene rings is 1. The lowest BCUT2D eigenvalue weighted by Crippen LogP contribution is -2.59. The van der Waals surface area contributed by atoms with Crippen LogP contribution in [0.3, 0.4) is 0 Å². The van der Waals surface area contributed by atoms with Crippen LogP contribution >= 0.6 is 0 Å². The number of aliphatic carboxylic acids is 1. The van der Waals surface area contributed by atoms with Crippen molar-refractivity contribution in [1.29, 1.82) is 5.41 Å². The Morgan fingerprint density at radius 2 is 1.37 bits per heavy atom. The fourth-order valence-electron chi connectivity index (χ4n) is 4.18. The molecule has 14 nitrogen and oxygen atoms in total. The van der Waals surface area contributed by atoms with Gasteiger partial charge in [0.05, 0.1) is 6.04 Å². The van der Waals surface area contributed by atoms with E-state index in [0.29, 0.717) is 6.42 Å². The lowest BCUT2D eigenvalue weighted by molar-refractivity contribution is -0.142. The summed E-state index contributed by atoms with van der Waals surface area (Å²) < 4.78 is 0. The van der Waals surface area contributed by atoms with E-state index in [4.69, 9.17) is 16.9 Å². The van der Waals surface area contributed by atoms with Crippen LogP contribution in [-0.4, -0.2) is 77.4 Å². The van der Waals surface area contributed by atoms with Crippen LogP contribution in [0.25, 0.3) is 0 Å². The number of guanidine groups is 1. The van der Waals surface area contributed by atoms with Crippen LogP contribution < -0.4 is 38.1 Å². The Hall–Kier alpha value is -4.20. The molecule has 5 atom stereocenters. The quantitative estimate of drug-likeness (QED) is 0.0598. The summed E-state index contributed by atoms with van der Waals surface area (Å²) in [5.41, 5.74) is 11.7. The molecule has 1 aromatic carbocycles. The number of carboxylic acids is 1. The first-order valence-electron chi connectivity index (χ1n) is 14.4. The summed E-state index contributed by atoms with van der Waals surface area (Å²) in [7, 11) is 0. The van der Waals surface area contributed by atoms with Crippen molar-refractivity contribution in [3.63, 3.8) is 0 Å². The smallest absolute Gasteiger partial charge is 0.326 e. The Balaban J connectivity index is 3.15. The number of carboxylic acid groups (broad SMARTS) is 1. The monoisotopic (exact) mass is 604 g/mol. The molecule has 0 bridgehead atoms. The van der Waals surface area contributed by atoms with Crippen LogP contribution in [0, 0.1) is 17.2 Å². The normalized spacial score (nSPS) is 14.5. The first-order valence-corrected chi connectivity index (χ1v) is 14.4. The third kappa shape index (κ3) is 14.0. The SMILES string of the molecule is CC(C)C[C@H](NC(=O)[C@H](CCCNC(=N)N)NC(=O)[C@@H](NC(=O)[C@H](C)N)C(C)C)C(=O)N[C@@H](Cc1ccccc1)C(=O)O. The molecule has 0 aliphatic carbocycles. The molecule has 1 rings (SSSR count). The summed E-state index contributed by atoms with van der Waals surface area (Å²) in [6.07, 6.45) is 0.706. The predicted octanol–water partition coefficient (Wildman–Crippen LogP) is -0.435. The van der Waals surface area contributed by atoms with Gasteiger partial charge in [-0.3, -0.25) is 24.6 Å². The first-order chi connectivity index (χ1) is 20.1.